The van der Waals surface area contributed by atoms with E-state index in [0.29, 0.717) is 19.8 Å². The molecule has 1 fully saturated rings. The molecule has 17 heavy (non-hydrogen) atoms. The molecule has 0 aromatic carbocycles. The molecule has 0 radical (unpaired) electrons. The number of carbonyl (C=O) groups excluding carboxylic acids is 1. The third-order valence-corrected chi connectivity index (χ3v) is 2.57. The number of hydrogen-bond acceptors (Lipinski definition) is 5. The minimum absolute atomic E-state index is 0.0474. The van der Waals surface area contributed by atoms with Gasteiger partial charge in [-0.2, -0.15) is 0 Å². The van der Waals surface area contributed by atoms with E-state index in [0.717, 1.165) is 6.07 Å². The molecule has 0 atom stereocenters. The highest BCUT2D eigenvalue weighted by atomic mass is 16.6. The zero-order chi connectivity index (χ0) is 12.5. The number of nitro groups is 1. The summed E-state index contributed by atoms with van der Waals surface area (Å²) in [7, 11) is 0. The van der Waals surface area contributed by atoms with Crippen molar-refractivity contribution in [2.24, 2.45) is 5.41 Å². The van der Waals surface area contributed by atoms with Crippen molar-refractivity contribution in [3.8, 4) is 0 Å². The molecule has 92 valence electrons. The monoisotopic (exact) mass is 240 g/mol. The number of ether oxygens (including phenoxy) is 1. The standard InChI is InChI=1S/C10H12N2O5/c1-10(5-16-6-10)4-11-9(13)7-2-3-8(17-7)12(14)15/h2-3H,4-6H2,1H3,(H,11,13). The maximum absolute atomic E-state index is 11.6. The Morgan fingerprint density at radius 2 is 2.29 bits per heavy atom. The summed E-state index contributed by atoms with van der Waals surface area (Å²) in [4.78, 5) is 21.3. The predicted octanol–water partition coefficient (Wildman–Crippen LogP) is 0.954. The van der Waals surface area contributed by atoms with Gasteiger partial charge in [-0.3, -0.25) is 14.9 Å². The van der Waals surface area contributed by atoms with E-state index in [1.807, 2.05) is 6.92 Å². The molecular formula is C10H12N2O5. The predicted molar refractivity (Wildman–Crippen MR) is 56.6 cm³/mol. The summed E-state index contributed by atoms with van der Waals surface area (Å²) >= 11 is 0. The molecule has 1 aliphatic heterocycles. The van der Waals surface area contributed by atoms with Gasteiger partial charge in [-0.1, -0.05) is 6.92 Å². The van der Waals surface area contributed by atoms with Crippen LogP contribution in [0.1, 0.15) is 17.5 Å². The number of amides is 1. The second-order valence-electron chi connectivity index (χ2n) is 4.38. The summed E-state index contributed by atoms with van der Waals surface area (Å²) in [5.74, 6) is -0.944. The number of nitrogens with zero attached hydrogens (tertiary/aromatic N) is 1. The maximum Gasteiger partial charge on any atom is 0.433 e. The van der Waals surface area contributed by atoms with Crippen molar-refractivity contribution in [3.63, 3.8) is 0 Å². The van der Waals surface area contributed by atoms with Crippen LogP contribution in [0.5, 0.6) is 0 Å². The summed E-state index contributed by atoms with van der Waals surface area (Å²) in [6, 6.07) is 2.44. The first kappa shape index (κ1) is 11.6. The first-order chi connectivity index (χ1) is 8.00. The van der Waals surface area contributed by atoms with Crippen LogP contribution in [0, 0.1) is 15.5 Å². The average molecular weight is 240 g/mol. The molecule has 7 nitrogen and oxygen atoms in total. The zero-order valence-electron chi connectivity index (χ0n) is 9.26. The van der Waals surface area contributed by atoms with Crippen LogP contribution in [0.25, 0.3) is 0 Å². The van der Waals surface area contributed by atoms with Gasteiger partial charge in [0.2, 0.25) is 0 Å². The summed E-state index contributed by atoms with van der Waals surface area (Å²) in [5.41, 5.74) is -0.0474. The summed E-state index contributed by atoms with van der Waals surface area (Å²) < 4.78 is 9.83. The fourth-order valence-electron chi connectivity index (χ4n) is 1.48. The Bertz CT molecular complexity index is 449. The minimum Gasteiger partial charge on any atom is -0.395 e. The van der Waals surface area contributed by atoms with Crippen LogP contribution >= 0.6 is 0 Å². The molecule has 2 heterocycles. The highest BCUT2D eigenvalue weighted by Gasteiger charge is 2.34. The molecule has 0 aliphatic carbocycles. The van der Waals surface area contributed by atoms with Crippen LogP contribution in [0.4, 0.5) is 5.88 Å². The molecule has 2 rings (SSSR count). The Hall–Kier alpha value is -1.89. The van der Waals surface area contributed by atoms with Gasteiger partial charge in [-0.15, -0.1) is 0 Å². The van der Waals surface area contributed by atoms with E-state index in [-0.39, 0.29) is 11.2 Å². The van der Waals surface area contributed by atoms with Crippen molar-refractivity contribution in [1.29, 1.82) is 0 Å². The van der Waals surface area contributed by atoms with Crippen molar-refractivity contribution < 1.29 is 18.9 Å². The van der Waals surface area contributed by atoms with E-state index in [1.54, 1.807) is 0 Å². The first-order valence-electron chi connectivity index (χ1n) is 5.10. The van der Waals surface area contributed by atoms with Gasteiger partial charge in [0, 0.05) is 12.0 Å². The van der Waals surface area contributed by atoms with Crippen molar-refractivity contribution >= 4 is 11.8 Å². The Labute approximate surface area is 96.9 Å². The second-order valence-corrected chi connectivity index (χ2v) is 4.38. The highest BCUT2D eigenvalue weighted by Crippen LogP contribution is 2.25. The Balaban J connectivity index is 1.92. The third-order valence-electron chi connectivity index (χ3n) is 2.57. The van der Waals surface area contributed by atoms with Gasteiger partial charge in [0.15, 0.2) is 5.76 Å². The highest BCUT2D eigenvalue weighted by molar-refractivity contribution is 5.91. The molecule has 7 heteroatoms. The van der Waals surface area contributed by atoms with E-state index in [4.69, 9.17) is 9.15 Å². The van der Waals surface area contributed by atoms with Gasteiger partial charge >= 0.3 is 5.88 Å². The van der Waals surface area contributed by atoms with Gasteiger partial charge in [0.1, 0.15) is 4.92 Å². The Morgan fingerprint density at radius 1 is 1.59 bits per heavy atom. The number of furan rings is 1. The summed E-state index contributed by atoms with van der Waals surface area (Å²) in [5, 5.41) is 13.0. The molecular weight excluding hydrogens is 228 g/mol. The lowest BCUT2D eigenvalue weighted by molar-refractivity contribution is -0.402. The molecule has 0 bridgehead atoms. The number of hydrogen-bond donors (Lipinski definition) is 1. The van der Waals surface area contributed by atoms with Crippen molar-refractivity contribution in [2.75, 3.05) is 19.8 Å². The second kappa shape index (κ2) is 4.17. The summed E-state index contributed by atoms with van der Waals surface area (Å²) in [6.07, 6.45) is 0. The van der Waals surface area contributed by atoms with Crippen molar-refractivity contribution in [3.05, 3.63) is 28.0 Å². The fourth-order valence-corrected chi connectivity index (χ4v) is 1.48. The first-order valence-corrected chi connectivity index (χ1v) is 5.10. The smallest absolute Gasteiger partial charge is 0.395 e. The summed E-state index contributed by atoms with van der Waals surface area (Å²) in [6.45, 7) is 3.65. The van der Waals surface area contributed by atoms with Crippen LogP contribution in [-0.2, 0) is 4.74 Å². The molecule has 1 saturated heterocycles. The lowest BCUT2D eigenvalue weighted by Gasteiger charge is -2.37. The van der Waals surface area contributed by atoms with Crippen LogP contribution in [0.3, 0.4) is 0 Å². The zero-order valence-corrected chi connectivity index (χ0v) is 9.26. The fraction of sp³-hybridized carbons (Fsp3) is 0.500. The minimum atomic E-state index is -0.683. The van der Waals surface area contributed by atoms with Gasteiger partial charge < -0.3 is 14.5 Å². The maximum atomic E-state index is 11.6. The van der Waals surface area contributed by atoms with Crippen molar-refractivity contribution in [1.82, 2.24) is 5.32 Å². The molecule has 1 amide bonds. The normalized spacial score (nSPS) is 17.2. The van der Waals surface area contributed by atoms with Crippen LogP contribution in [-0.4, -0.2) is 30.6 Å². The van der Waals surface area contributed by atoms with Crippen LogP contribution in [0.15, 0.2) is 16.5 Å². The largest absolute Gasteiger partial charge is 0.433 e. The van der Waals surface area contributed by atoms with E-state index in [9.17, 15) is 14.9 Å². The number of nitrogens with one attached hydrogen (secondary N) is 1. The van der Waals surface area contributed by atoms with Gasteiger partial charge in [0.25, 0.3) is 5.91 Å². The number of rotatable bonds is 4. The molecule has 0 saturated carbocycles. The SMILES string of the molecule is CC1(CNC(=O)c2ccc([N+](=O)[O-])o2)COC1. The molecule has 1 aliphatic rings. The molecule has 0 unspecified atom stereocenters. The lowest BCUT2D eigenvalue weighted by atomic mass is 9.89. The lowest BCUT2D eigenvalue weighted by Crippen LogP contribution is -2.48. The molecule has 0 spiro atoms. The number of carbonyl (C=O) groups is 1. The Kier molecular flexibility index (Phi) is 2.84. The van der Waals surface area contributed by atoms with Gasteiger partial charge in [-0.05, 0) is 6.07 Å². The van der Waals surface area contributed by atoms with Crippen LogP contribution in [0.2, 0.25) is 0 Å². The van der Waals surface area contributed by atoms with E-state index < -0.39 is 16.7 Å². The molecule has 1 aromatic rings. The van der Waals surface area contributed by atoms with Gasteiger partial charge in [-0.25, -0.2) is 0 Å². The van der Waals surface area contributed by atoms with Gasteiger partial charge in [0.05, 0.1) is 19.3 Å². The Morgan fingerprint density at radius 3 is 2.76 bits per heavy atom. The topological polar surface area (TPSA) is 94.6 Å². The van der Waals surface area contributed by atoms with E-state index >= 15 is 0 Å². The van der Waals surface area contributed by atoms with Crippen molar-refractivity contribution in [2.45, 2.75) is 6.92 Å². The van der Waals surface area contributed by atoms with E-state index in [2.05, 4.69) is 5.32 Å². The quantitative estimate of drug-likeness (QED) is 0.624. The average Bonchev–Trinajstić information content (AvgIpc) is 2.72. The molecule has 1 aromatic heterocycles. The van der Waals surface area contributed by atoms with Crippen LogP contribution < -0.4 is 5.32 Å². The molecule has 1 N–H and O–H groups in total. The van der Waals surface area contributed by atoms with E-state index in [1.165, 1.54) is 6.07 Å². The third kappa shape index (κ3) is 2.44.